The van der Waals surface area contributed by atoms with Crippen molar-refractivity contribution in [3.05, 3.63) is 23.5 Å². The van der Waals surface area contributed by atoms with Crippen LogP contribution in [0.5, 0.6) is 0 Å². The first-order chi connectivity index (χ1) is 8.77. The SMILES string of the molecule is COCc1cc(C)ncc1B1OC(C)(C)C(C)(C)O1. The smallest absolute Gasteiger partial charge is 0.399 e. The first-order valence-electron chi connectivity index (χ1n) is 6.57. The minimum Gasteiger partial charge on any atom is -0.399 e. The average molecular weight is 263 g/mol. The molecule has 0 saturated carbocycles. The van der Waals surface area contributed by atoms with Crippen molar-refractivity contribution in [3.8, 4) is 0 Å². The predicted octanol–water partition coefficient (Wildman–Crippen LogP) is 1.84. The molecule has 1 aromatic heterocycles. The number of aryl methyl sites for hydroxylation is 1. The Hall–Kier alpha value is -0.905. The zero-order valence-electron chi connectivity index (χ0n) is 12.6. The Morgan fingerprint density at radius 1 is 1.21 bits per heavy atom. The topological polar surface area (TPSA) is 40.6 Å². The highest BCUT2D eigenvalue weighted by atomic mass is 16.7. The van der Waals surface area contributed by atoms with Gasteiger partial charge >= 0.3 is 7.12 Å². The van der Waals surface area contributed by atoms with E-state index in [1.165, 1.54) is 0 Å². The van der Waals surface area contributed by atoms with Crippen molar-refractivity contribution in [2.45, 2.75) is 52.4 Å². The summed E-state index contributed by atoms with van der Waals surface area (Å²) < 4.78 is 17.4. The molecule has 2 heterocycles. The van der Waals surface area contributed by atoms with Crippen LogP contribution >= 0.6 is 0 Å². The van der Waals surface area contributed by atoms with Gasteiger partial charge in [-0.3, -0.25) is 4.98 Å². The minimum atomic E-state index is -0.386. The quantitative estimate of drug-likeness (QED) is 0.780. The molecule has 0 radical (unpaired) electrons. The predicted molar refractivity (Wildman–Crippen MR) is 75.4 cm³/mol. The van der Waals surface area contributed by atoms with Crippen molar-refractivity contribution in [3.63, 3.8) is 0 Å². The number of ether oxygens (including phenoxy) is 1. The Morgan fingerprint density at radius 2 is 1.79 bits per heavy atom. The van der Waals surface area contributed by atoms with E-state index in [1.54, 1.807) is 7.11 Å². The van der Waals surface area contributed by atoms with Gasteiger partial charge in [-0.1, -0.05) is 0 Å². The first kappa shape index (κ1) is 14.5. The van der Waals surface area contributed by atoms with E-state index in [0.717, 1.165) is 16.7 Å². The monoisotopic (exact) mass is 263 g/mol. The number of rotatable bonds is 3. The summed E-state index contributed by atoms with van der Waals surface area (Å²) in [5.41, 5.74) is 2.30. The third kappa shape index (κ3) is 2.68. The molecule has 1 aliphatic rings. The van der Waals surface area contributed by atoms with E-state index < -0.39 is 0 Å². The van der Waals surface area contributed by atoms with Gasteiger partial charge in [0.2, 0.25) is 0 Å². The third-order valence-electron chi connectivity index (χ3n) is 3.97. The maximum Gasteiger partial charge on any atom is 0.496 e. The van der Waals surface area contributed by atoms with Crippen LogP contribution in [0.1, 0.15) is 39.0 Å². The summed E-state index contributed by atoms with van der Waals surface area (Å²) in [6.07, 6.45) is 1.83. The summed E-state index contributed by atoms with van der Waals surface area (Å²) in [4.78, 5) is 4.35. The average Bonchev–Trinajstić information content (AvgIpc) is 2.48. The van der Waals surface area contributed by atoms with Crippen LogP contribution in [-0.4, -0.2) is 30.4 Å². The fourth-order valence-electron chi connectivity index (χ4n) is 2.09. The lowest BCUT2D eigenvalue weighted by molar-refractivity contribution is 0.00578. The van der Waals surface area contributed by atoms with Crippen molar-refractivity contribution in [2.75, 3.05) is 7.11 Å². The molecule has 1 aliphatic heterocycles. The van der Waals surface area contributed by atoms with E-state index in [9.17, 15) is 0 Å². The van der Waals surface area contributed by atoms with Crippen molar-refractivity contribution >= 4 is 12.6 Å². The maximum absolute atomic E-state index is 6.06. The van der Waals surface area contributed by atoms with Crippen LogP contribution in [0.25, 0.3) is 0 Å². The van der Waals surface area contributed by atoms with Crippen LogP contribution in [0.2, 0.25) is 0 Å². The van der Waals surface area contributed by atoms with Gasteiger partial charge in [-0.05, 0) is 46.2 Å². The van der Waals surface area contributed by atoms with Crippen molar-refractivity contribution < 1.29 is 14.0 Å². The molecule has 2 rings (SSSR count). The normalized spacial score (nSPS) is 20.8. The summed E-state index contributed by atoms with van der Waals surface area (Å²) in [5.74, 6) is 0. The lowest BCUT2D eigenvalue weighted by Gasteiger charge is -2.32. The Bertz CT molecular complexity index is 458. The highest BCUT2D eigenvalue weighted by Gasteiger charge is 2.52. The third-order valence-corrected chi connectivity index (χ3v) is 3.97. The summed E-state index contributed by atoms with van der Waals surface area (Å²) in [6, 6.07) is 2.02. The number of hydrogen-bond donors (Lipinski definition) is 0. The lowest BCUT2D eigenvalue weighted by atomic mass is 9.77. The van der Waals surface area contributed by atoms with Gasteiger partial charge in [0.15, 0.2) is 0 Å². The molecule has 104 valence electrons. The zero-order chi connectivity index (χ0) is 14.3. The van der Waals surface area contributed by atoms with E-state index in [0.29, 0.717) is 6.61 Å². The second-order valence-corrected chi connectivity index (χ2v) is 6.05. The standard InChI is InChI=1S/C14H22BNO3/c1-10-7-11(9-17-6)12(8-16-10)15-18-13(2,3)14(4,5)19-15/h7-8H,9H2,1-6H3. The molecule has 1 aromatic rings. The van der Waals surface area contributed by atoms with Crippen LogP contribution in [0.15, 0.2) is 12.3 Å². The van der Waals surface area contributed by atoms with Gasteiger partial charge in [0.25, 0.3) is 0 Å². The van der Waals surface area contributed by atoms with E-state index in [1.807, 2.05) is 46.9 Å². The van der Waals surface area contributed by atoms with Crippen LogP contribution in [0.4, 0.5) is 0 Å². The second kappa shape index (κ2) is 4.89. The molecule has 1 fully saturated rings. The molecule has 0 amide bonds. The molecule has 0 atom stereocenters. The molecule has 4 nitrogen and oxygen atoms in total. The van der Waals surface area contributed by atoms with Gasteiger partial charge in [0.05, 0.1) is 17.8 Å². The van der Waals surface area contributed by atoms with Gasteiger partial charge in [-0.25, -0.2) is 0 Å². The molecular formula is C14H22BNO3. The zero-order valence-corrected chi connectivity index (χ0v) is 12.6. The lowest BCUT2D eigenvalue weighted by Crippen LogP contribution is -2.41. The van der Waals surface area contributed by atoms with Crippen LogP contribution < -0.4 is 5.46 Å². The molecular weight excluding hydrogens is 241 g/mol. The first-order valence-corrected chi connectivity index (χ1v) is 6.57. The minimum absolute atomic E-state index is 0.340. The van der Waals surface area contributed by atoms with Crippen LogP contribution in [-0.2, 0) is 20.7 Å². The number of methoxy groups -OCH3 is 1. The summed E-state index contributed by atoms with van der Waals surface area (Å²) in [5, 5.41) is 0. The van der Waals surface area contributed by atoms with Crippen LogP contribution in [0.3, 0.4) is 0 Å². The Kier molecular flexibility index (Phi) is 3.73. The van der Waals surface area contributed by atoms with Crippen molar-refractivity contribution in [2.24, 2.45) is 0 Å². The fraction of sp³-hybridized carbons (Fsp3) is 0.643. The Balaban J connectivity index is 2.34. The molecule has 0 aliphatic carbocycles. The largest absolute Gasteiger partial charge is 0.496 e. The number of aromatic nitrogens is 1. The molecule has 5 heteroatoms. The van der Waals surface area contributed by atoms with Gasteiger partial charge in [-0.2, -0.15) is 0 Å². The van der Waals surface area contributed by atoms with Crippen molar-refractivity contribution in [1.82, 2.24) is 4.98 Å². The highest BCUT2D eigenvalue weighted by molar-refractivity contribution is 6.62. The van der Waals surface area contributed by atoms with E-state index in [4.69, 9.17) is 14.0 Å². The molecule has 0 spiro atoms. The summed E-state index contributed by atoms with van der Waals surface area (Å²) in [7, 11) is 1.30. The summed E-state index contributed by atoms with van der Waals surface area (Å²) >= 11 is 0. The Morgan fingerprint density at radius 3 is 2.32 bits per heavy atom. The molecule has 0 N–H and O–H groups in total. The second-order valence-electron chi connectivity index (χ2n) is 6.05. The van der Waals surface area contributed by atoms with Gasteiger partial charge in [0, 0.05) is 24.5 Å². The molecule has 0 bridgehead atoms. The number of pyridine rings is 1. The highest BCUT2D eigenvalue weighted by Crippen LogP contribution is 2.36. The van der Waals surface area contributed by atoms with Gasteiger partial charge in [-0.15, -0.1) is 0 Å². The van der Waals surface area contributed by atoms with Gasteiger partial charge in [0.1, 0.15) is 0 Å². The maximum atomic E-state index is 6.06. The summed E-state index contributed by atoms with van der Waals surface area (Å²) in [6.45, 7) is 10.7. The van der Waals surface area contributed by atoms with E-state index >= 15 is 0 Å². The van der Waals surface area contributed by atoms with Gasteiger partial charge < -0.3 is 14.0 Å². The van der Waals surface area contributed by atoms with E-state index in [2.05, 4.69) is 4.98 Å². The number of hydrogen-bond acceptors (Lipinski definition) is 4. The van der Waals surface area contributed by atoms with Crippen LogP contribution in [0, 0.1) is 6.92 Å². The molecule has 0 aromatic carbocycles. The van der Waals surface area contributed by atoms with E-state index in [-0.39, 0.29) is 18.3 Å². The Labute approximate surface area is 115 Å². The molecule has 0 unspecified atom stereocenters. The molecule has 1 saturated heterocycles. The molecule has 19 heavy (non-hydrogen) atoms. The number of nitrogens with zero attached hydrogens (tertiary/aromatic N) is 1. The fourth-order valence-corrected chi connectivity index (χ4v) is 2.09. The van der Waals surface area contributed by atoms with Crippen molar-refractivity contribution in [1.29, 1.82) is 0 Å².